The molecule has 0 aliphatic rings. The van der Waals surface area contributed by atoms with Gasteiger partial charge in [-0.25, -0.2) is 0 Å². The van der Waals surface area contributed by atoms with E-state index in [2.05, 4.69) is 41.4 Å². The van der Waals surface area contributed by atoms with Gasteiger partial charge in [0.2, 0.25) is 0 Å². The van der Waals surface area contributed by atoms with Crippen molar-refractivity contribution in [2.24, 2.45) is 0 Å². The summed E-state index contributed by atoms with van der Waals surface area (Å²) < 4.78 is 13.0. The molecule has 0 amide bonds. The summed E-state index contributed by atoms with van der Waals surface area (Å²) in [6.07, 6.45) is 1.84. The van der Waals surface area contributed by atoms with Gasteiger partial charge in [0, 0.05) is 5.61 Å². The minimum absolute atomic E-state index is 0.104. The van der Waals surface area contributed by atoms with Gasteiger partial charge in [-0.05, 0) is 42.8 Å². The predicted molar refractivity (Wildman–Crippen MR) is 47.0 cm³/mol. The van der Waals surface area contributed by atoms with Crippen molar-refractivity contribution in [3.05, 3.63) is 0 Å². The molecule has 0 unspecified atom stereocenters. The van der Waals surface area contributed by atoms with Crippen LogP contribution in [-0.4, -0.2) is 14.8 Å². The van der Waals surface area contributed by atoms with Crippen LogP contribution < -0.4 is 0 Å². The van der Waals surface area contributed by atoms with Gasteiger partial charge in [0.15, 0.2) is 7.81 Å². The zero-order valence-corrected chi connectivity index (χ0v) is 5.58. The molecular formula is C9H3BN. The van der Waals surface area contributed by atoms with E-state index in [1.165, 1.54) is 0 Å². The maximum Gasteiger partial charge on any atom is 0.167 e. The van der Waals surface area contributed by atoms with Crippen LogP contribution in [0.25, 0.3) is 0 Å². The lowest BCUT2D eigenvalue weighted by atomic mass is 10.0. The minimum Gasteiger partial charge on any atom is -0.308 e. The maximum atomic E-state index is 6.92. The molecule has 0 aromatic carbocycles. The first kappa shape index (κ1) is 5.74. The molecule has 2 heteroatoms. The van der Waals surface area contributed by atoms with Crippen molar-refractivity contribution < 1.29 is 1.37 Å². The van der Waals surface area contributed by atoms with E-state index in [-0.39, 0.29) is 5.61 Å². The molecule has 0 aliphatic carbocycles. The molecule has 1 nitrogen and oxygen atoms in total. The average molecular weight is 140 g/mol. The summed E-state index contributed by atoms with van der Waals surface area (Å²) in [4.78, 5) is 0. The van der Waals surface area contributed by atoms with Gasteiger partial charge in [0.25, 0.3) is 0 Å². The second-order valence-electron chi connectivity index (χ2n) is 1.29. The predicted octanol–water partition coefficient (Wildman–Crippen LogP) is -0.492. The SMILES string of the molecule is [3H][B]C(=N)C#CC#CC#CC#C[3H]. The fraction of sp³-hybridized carbons (Fsp3) is 0. The molecule has 47 valence electrons. The van der Waals surface area contributed by atoms with Gasteiger partial charge in [-0.2, -0.15) is 0 Å². The Balaban J connectivity index is 4.12. The van der Waals surface area contributed by atoms with Gasteiger partial charge in [0.05, 0.1) is 0 Å². The maximum absolute atomic E-state index is 6.92. The zero-order valence-electron chi connectivity index (χ0n) is 7.58. The summed E-state index contributed by atoms with van der Waals surface area (Å²) in [5.74, 6) is 16.2. The van der Waals surface area contributed by atoms with Gasteiger partial charge in [-0.15, -0.1) is 6.40 Å². The van der Waals surface area contributed by atoms with Crippen molar-refractivity contribution >= 4 is 13.4 Å². The molecule has 0 atom stereocenters. The zero-order chi connectivity index (χ0) is 9.94. The number of hydrogen-bond acceptors (Lipinski definition) is 1. The molecule has 11 heavy (non-hydrogen) atoms. The van der Waals surface area contributed by atoms with Crippen LogP contribution in [0.2, 0.25) is 0 Å². The Morgan fingerprint density at radius 2 is 2.09 bits per heavy atom. The van der Waals surface area contributed by atoms with E-state index in [1.54, 1.807) is 0 Å². The highest BCUT2D eigenvalue weighted by atomic mass is 14.3. The normalized spacial score (nSPS) is 6.18. The summed E-state index contributed by atoms with van der Waals surface area (Å²) in [5.41, 5.74) is -0.104. The van der Waals surface area contributed by atoms with Crippen molar-refractivity contribution in [3.8, 4) is 47.8 Å². The van der Waals surface area contributed by atoms with Gasteiger partial charge in [0.1, 0.15) is 1.37 Å². The third-order valence-electron chi connectivity index (χ3n) is 0.510. The van der Waals surface area contributed by atoms with E-state index in [0.717, 1.165) is 7.81 Å². The van der Waals surface area contributed by atoms with E-state index >= 15 is 0 Å². The highest BCUT2D eigenvalue weighted by Crippen LogP contribution is 1.56. The fourth-order valence-corrected chi connectivity index (χ4v) is 0.224. The van der Waals surface area contributed by atoms with Crippen LogP contribution in [0.1, 0.15) is 1.37 Å². The highest BCUT2D eigenvalue weighted by molar-refractivity contribution is 6.63. The number of hydrogen-bond donors (Lipinski definition) is 1. The Hall–Kier alpha value is -2.03. The molecule has 0 rings (SSSR count). The molecule has 0 saturated heterocycles. The first-order valence-electron chi connectivity index (χ1n) is 3.62. The highest BCUT2D eigenvalue weighted by Gasteiger charge is 1.68. The Morgan fingerprint density at radius 3 is 2.82 bits per heavy atom. The number of terminal acetylenes is 1. The molecule has 0 saturated carbocycles. The molecule has 0 aromatic rings. The molecule has 0 aromatic heterocycles. The molecule has 0 heterocycles. The largest absolute Gasteiger partial charge is 0.308 e. The van der Waals surface area contributed by atoms with Crippen molar-refractivity contribution in [1.82, 2.24) is 0 Å². The van der Waals surface area contributed by atoms with Crippen LogP contribution in [0.4, 0.5) is 0 Å². The van der Waals surface area contributed by atoms with Gasteiger partial charge < -0.3 is 5.41 Å². The summed E-state index contributed by atoms with van der Waals surface area (Å²) in [6, 6.07) is 0. The van der Waals surface area contributed by atoms with Crippen LogP contribution in [0.5, 0.6) is 0 Å². The third kappa shape index (κ3) is 7.97. The lowest BCUT2D eigenvalue weighted by Gasteiger charge is -1.67. The topological polar surface area (TPSA) is 23.9 Å². The van der Waals surface area contributed by atoms with Crippen LogP contribution in [0, 0.1) is 53.3 Å². The lowest BCUT2D eigenvalue weighted by molar-refractivity contribution is 1.57. The third-order valence-corrected chi connectivity index (χ3v) is 0.510. The second kappa shape index (κ2) is 6.10. The first-order chi connectivity index (χ1) is 6.31. The van der Waals surface area contributed by atoms with Gasteiger partial charge in [-0.1, -0.05) is 0 Å². The second-order valence-corrected chi connectivity index (χ2v) is 1.29. The van der Waals surface area contributed by atoms with Crippen LogP contribution >= 0.6 is 0 Å². The van der Waals surface area contributed by atoms with E-state index in [0.29, 0.717) is 0 Å². The van der Waals surface area contributed by atoms with Gasteiger partial charge >= 0.3 is 0 Å². The lowest BCUT2D eigenvalue weighted by Crippen LogP contribution is -1.85. The molecule has 0 spiro atoms. The summed E-state index contributed by atoms with van der Waals surface area (Å²) in [6.45, 7) is 0. The Labute approximate surface area is 70.3 Å². The molecule has 1 N–H and O–H groups in total. The Morgan fingerprint density at radius 1 is 1.36 bits per heavy atom. The first-order valence-corrected chi connectivity index (χ1v) is 2.54. The molecule has 0 aliphatic heterocycles. The molecule has 0 bridgehead atoms. The van der Waals surface area contributed by atoms with Crippen molar-refractivity contribution in [1.29, 1.82) is 6.74 Å². The van der Waals surface area contributed by atoms with E-state index in [4.69, 9.17) is 8.12 Å². The molecule has 1 radical (unpaired) electrons. The van der Waals surface area contributed by atoms with E-state index < -0.39 is 0 Å². The smallest absolute Gasteiger partial charge is 0.167 e. The van der Waals surface area contributed by atoms with Gasteiger partial charge in [-0.3, -0.25) is 0 Å². The van der Waals surface area contributed by atoms with Crippen LogP contribution in [-0.2, 0) is 0 Å². The average Bonchev–Trinajstić information content (AvgIpc) is 2.16. The standard InChI is InChI=1S/C9H3BN/c1-2-3-4-5-6-7-8-9(10)11/h1,10-11H/i1T,10T. The monoisotopic (exact) mass is 140 g/mol. The minimum atomic E-state index is -0.104. The van der Waals surface area contributed by atoms with Crippen molar-refractivity contribution in [2.45, 2.75) is 0 Å². The number of nitrogens with one attached hydrogen (secondary N) is 1. The molecule has 0 fully saturated rings. The Kier molecular flexibility index (Phi) is 3.18. The van der Waals surface area contributed by atoms with Crippen LogP contribution in [0.15, 0.2) is 0 Å². The van der Waals surface area contributed by atoms with E-state index in [1.807, 2.05) is 6.40 Å². The number of rotatable bonds is 1. The fourth-order valence-electron chi connectivity index (χ4n) is 0.224. The Bertz CT molecular complexity index is 423. The van der Waals surface area contributed by atoms with E-state index in [9.17, 15) is 0 Å². The quantitative estimate of drug-likeness (QED) is 0.288. The summed E-state index contributed by atoms with van der Waals surface area (Å²) >= 11 is 0. The molecular weight excluding hydrogens is 133 g/mol. The van der Waals surface area contributed by atoms with Crippen molar-refractivity contribution in [2.75, 3.05) is 0 Å². The van der Waals surface area contributed by atoms with Crippen LogP contribution in [0.3, 0.4) is 0 Å². The van der Waals surface area contributed by atoms with Crippen molar-refractivity contribution in [3.63, 3.8) is 0 Å². The summed E-state index contributed by atoms with van der Waals surface area (Å²) in [5, 5.41) is 6.92. The summed E-state index contributed by atoms with van der Waals surface area (Å²) in [7, 11) is 0.825.